The average molecular weight is 456 g/mol. The van der Waals surface area contributed by atoms with Gasteiger partial charge in [-0.25, -0.2) is 13.4 Å². The predicted molar refractivity (Wildman–Crippen MR) is 104 cm³/mol. The average Bonchev–Trinajstić information content (AvgIpc) is 3.11. The molecule has 0 bridgehead atoms. The molecular weight excluding hydrogens is 446 g/mol. The third kappa shape index (κ3) is 3.96. The number of benzene rings is 2. The molecule has 29 heavy (non-hydrogen) atoms. The minimum atomic E-state index is -4.02. The van der Waals surface area contributed by atoms with E-state index in [-0.39, 0.29) is 25.6 Å². The van der Waals surface area contributed by atoms with Gasteiger partial charge in [0.15, 0.2) is 15.8 Å². The van der Waals surface area contributed by atoms with Crippen molar-refractivity contribution in [1.82, 2.24) is 9.84 Å². The van der Waals surface area contributed by atoms with Gasteiger partial charge < -0.3 is 9.47 Å². The van der Waals surface area contributed by atoms with E-state index in [0.29, 0.717) is 5.56 Å². The molecule has 0 aromatic heterocycles. The molecule has 7 nitrogen and oxygen atoms in total. The first-order valence-electron chi connectivity index (χ1n) is 7.90. The third-order valence-electron chi connectivity index (χ3n) is 3.78. The van der Waals surface area contributed by atoms with Crippen LogP contribution in [-0.2, 0) is 14.8 Å². The van der Waals surface area contributed by atoms with Crippen LogP contribution in [0.25, 0.3) is 6.08 Å². The Morgan fingerprint density at radius 1 is 1.10 bits per heavy atom. The Balaban J connectivity index is 1.56. The molecule has 0 unspecified atom stereocenters. The largest absolute Gasteiger partial charge is 0.586 e. The van der Waals surface area contributed by atoms with Crippen LogP contribution in [0.4, 0.5) is 8.78 Å². The fraction of sp³-hybridized carbons (Fsp3) is 0.0588. The Kier molecular flexibility index (Phi) is 4.81. The van der Waals surface area contributed by atoms with E-state index in [1.54, 1.807) is 18.2 Å². The summed E-state index contributed by atoms with van der Waals surface area (Å²) in [5, 5.41) is 0.745. The Labute approximate surface area is 173 Å². The molecule has 2 heterocycles. The number of rotatable bonds is 4. The molecular formula is C17H10F2N2O5S3. The number of alkyl halides is 2. The van der Waals surface area contributed by atoms with Crippen LogP contribution >= 0.6 is 24.0 Å². The monoisotopic (exact) mass is 456 g/mol. The van der Waals surface area contributed by atoms with E-state index in [4.69, 9.17) is 12.2 Å². The summed E-state index contributed by atoms with van der Waals surface area (Å²) in [6, 6.07) is 11.5. The van der Waals surface area contributed by atoms with Crippen LogP contribution in [0.3, 0.4) is 0 Å². The number of nitrogens with one attached hydrogen (secondary N) is 1. The lowest BCUT2D eigenvalue weighted by molar-refractivity contribution is -0.286. The van der Waals surface area contributed by atoms with Crippen LogP contribution < -0.4 is 14.3 Å². The van der Waals surface area contributed by atoms with Crippen molar-refractivity contribution in [2.24, 2.45) is 0 Å². The summed E-state index contributed by atoms with van der Waals surface area (Å²) < 4.78 is 59.8. The predicted octanol–water partition coefficient (Wildman–Crippen LogP) is 3.10. The van der Waals surface area contributed by atoms with Gasteiger partial charge in [-0.3, -0.25) is 4.79 Å². The summed E-state index contributed by atoms with van der Waals surface area (Å²) in [5.74, 6) is -0.998. The van der Waals surface area contributed by atoms with E-state index in [0.717, 1.165) is 16.8 Å². The van der Waals surface area contributed by atoms with E-state index in [1.165, 1.54) is 36.4 Å². The number of halogens is 2. The Morgan fingerprint density at radius 3 is 2.52 bits per heavy atom. The SMILES string of the molecule is O=C1/C(=C\c2ccc3c(c2)OC(F)(F)O3)SC(=S)N1NS(=O)(=O)c1ccccc1. The van der Waals surface area contributed by atoms with Crippen molar-refractivity contribution in [3.63, 3.8) is 0 Å². The molecule has 0 saturated carbocycles. The van der Waals surface area contributed by atoms with Crippen molar-refractivity contribution >= 4 is 50.3 Å². The number of fused-ring (bicyclic) bond motifs is 1. The maximum absolute atomic E-state index is 13.1. The van der Waals surface area contributed by atoms with Crippen LogP contribution in [0.1, 0.15) is 5.56 Å². The highest BCUT2D eigenvalue weighted by molar-refractivity contribution is 8.26. The number of thioether (sulfide) groups is 1. The number of carbonyl (C=O) groups excluding carboxylic acids is 1. The number of amides is 1. The smallest absolute Gasteiger partial charge is 0.395 e. The maximum Gasteiger partial charge on any atom is 0.586 e. The molecule has 4 rings (SSSR count). The Hall–Kier alpha value is -2.54. The zero-order chi connectivity index (χ0) is 20.8. The van der Waals surface area contributed by atoms with Gasteiger partial charge in [0.2, 0.25) is 0 Å². The lowest BCUT2D eigenvalue weighted by Crippen LogP contribution is -2.44. The van der Waals surface area contributed by atoms with Crippen molar-refractivity contribution in [3.05, 3.63) is 59.0 Å². The van der Waals surface area contributed by atoms with E-state index in [9.17, 15) is 22.0 Å². The fourth-order valence-corrected chi connectivity index (χ4v) is 4.86. The van der Waals surface area contributed by atoms with Crippen LogP contribution in [0, 0.1) is 0 Å². The maximum atomic E-state index is 13.1. The second-order valence-corrected chi connectivity index (χ2v) is 9.14. The molecule has 1 N–H and O–H groups in total. The number of hydrogen-bond donors (Lipinski definition) is 1. The standard InChI is InChI=1S/C17H10F2N2O5S3/c18-17(19)25-12-7-6-10(8-13(12)26-17)9-14-15(22)21(16(27)28-14)20-29(23,24)11-4-2-1-3-5-11/h1-9,20H/b14-9+. The topological polar surface area (TPSA) is 84.9 Å². The number of thiocarbonyl (C=S) groups is 1. The van der Waals surface area contributed by atoms with Gasteiger partial charge in [-0.1, -0.05) is 48.2 Å². The molecule has 1 saturated heterocycles. The quantitative estimate of drug-likeness (QED) is 0.559. The van der Waals surface area contributed by atoms with Gasteiger partial charge in [-0.2, -0.15) is 0 Å². The summed E-state index contributed by atoms with van der Waals surface area (Å²) in [4.78, 5) is 14.8. The number of carbonyl (C=O) groups is 1. The molecule has 0 radical (unpaired) electrons. The van der Waals surface area contributed by atoms with Crippen molar-refractivity contribution in [2.45, 2.75) is 11.2 Å². The van der Waals surface area contributed by atoms with Crippen molar-refractivity contribution < 1.29 is 31.5 Å². The molecule has 1 amide bonds. The zero-order valence-corrected chi connectivity index (χ0v) is 16.6. The highest BCUT2D eigenvalue weighted by atomic mass is 32.2. The van der Waals surface area contributed by atoms with Gasteiger partial charge in [-0.05, 0) is 35.9 Å². The molecule has 2 aromatic rings. The van der Waals surface area contributed by atoms with Gasteiger partial charge in [0.1, 0.15) is 0 Å². The summed E-state index contributed by atoms with van der Waals surface area (Å²) in [6.07, 6.45) is -2.36. The van der Waals surface area contributed by atoms with Crippen LogP contribution in [0.2, 0.25) is 0 Å². The summed E-state index contributed by atoms with van der Waals surface area (Å²) >= 11 is 5.96. The molecule has 0 atom stereocenters. The molecule has 2 aromatic carbocycles. The van der Waals surface area contributed by atoms with Crippen molar-refractivity contribution in [1.29, 1.82) is 0 Å². The first kappa shape index (κ1) is 19.8. The van der Waals surface area contributed by atoms with Gasteiger partial charge in [0, 0.05) is 0 Å². The van der Waals surface area contributed by atoms with E-state index in [1.807, 2.05) is 0 Å². The highest BCUT2D eigenvalue weighted by Crippen LogP contribution is 2.42. The second-order valence-electron chi connectivity index (χ2n) is 5.80. The Morgan fingerprint density at radius 2 is 1.79 bits per heavy atom. The lowest BCUT2D eigenvalue weighted by atomic mass is 10.2. The van der Waals surface area contributed by atoms with E-state index >= 15 is 0 Å². The Bertz CT molecular complexity index is 1150. The number of ether oxygens (including phenoxy) is 2. The molecule has 150 valence electrons. The number of hydrogen-bond acceptors (Lipinski definition) is 7. The summed E-state index contributed by atoms with van der Waals surface area (Å²) in [7, 11) is -4.02. The summed E-state index contributed by atoms with van der Waals surface area (Å²) in [6.45, 7) is 0. The highest BCUT2D eigenvalue weighted by Gasteiger charge is 2.43. The fourth-order valence-electron chi connectivity index (χ4n) is 2.53. The molecule has 1 fully saturated rings. The number of sulfonamides is 1. The third-order valence-corrected chi connectivity index (χ3v) is 6.40. The lowest BCUT2D eigenvalue weighted by Gasteiger charge is -2.15. The minimum absolute atomic E-state index is 0.0203. The molecule has 2 aliphatic rings. The zero-order valence-electron chi connectivity index (χ0n) is 14.2. The molecule has 12 heteroatoms. The van der Waals surface area contributed by atoms with Crippen LogP contribution in [-0.4, -0.2) is 29.9 Å². The second kappa shape index (κ2) is 7.06. The first-order chi connectivity index (χ1) is 13.6. The minimum Gasteiger partial charge on any atom is -0.395 e. The van der Waals surface area contributed by atoms with Crippen LogP contribution in [0.5, 0.6) is 11.5 Å². The van der Waals surface area contributed by atoms with Gasteiger partial charge in [0.05, 0.1) is 9.80 Å². The normalized spacial score (nSPS) is 19.2. The van der Waals surface area contributed by atoms with Gasteiger partial charge in [0.25, 0.3) is 15.9 Å². The summed E-state index contributed by atoms with van der Waals surface area (Å²) in [5.41, 5.74) is 0.372. The van der Waals surface area contributed by atoms with Gasteiger partial charge >= 0.3 is 6.29 Å². The van der Waals surface area contributed by atoms with Crippen molar-refractivity contribution in [3.8, 4) is 11.5 Å². The molecule has 0 spiro atoms. The van der Waals surface area contributed by atoms with Crippen LogP contribution in [0.15, 0.2) is 58.3 Å². The molecule has 0 aliphatic carbocycles. The number of hydrazine groups is 1. The van der Waals surface area contributed by atoms with E-state index in [2.05, 4.69) is 14.3 Å². The first-order valence-corrected chi connectivity index (χ1v) is 10.6. The van der Waals surface area contributed by atoms with E-state index < -0.39 is 22.2 Å². The number of nitrogens with zero attached hydrogens (tertiary/aromatic N) is 1. The molecule has 2 aliphatic heterocycles. The van der Waals surface area contributed by atoms with Crippen molar-refractivity contribution in [2.75, 3.05) is 0 Å². The van der Waals surface area contributed by atoms with Gasteiger partial charge in [-0.15, -0.1) is 13.6 Å².